The average Bonchev–Trinajstić information content (AvgIpc) is 3.19. The molecule has 1 aromatic heterocycles. The van der Waals surface area contributed by atoms with Crippen molar-refractivity contribution in [2.24, 2.45) is 0 Å². The van der Waals surface area contributed by atoms with Crippen LogP contribution in [-0.4, -0.2) is 63.7 Å². The highest BCUT2D eigenvalue weighted by Crippen LogP contribution is 2.30. The Hall–Kier alpha value is -2.09. The van der Waals surface area contributed by atoms with Crippen molar-refractivity contribution in [2.75, 3.05) is 57.8 Å². The molecule has 2 heterocycles. The number of likely N-dealkylation sites (N-methyl/N-ethyl adjacent to an activating group) is 1. The summed E-state index contributed by atoms with van der Waals surface area (Å²) in [5.74, 6) is 1.09. The Bertz CT molecular complexity index is 768. The molecule has 1 saturated heterocycles. The molecule has 30 heavy (non-hydrogen) atoms. The van der Waals surface area contributed by atoms with Crippen LogP contribution in [0.3, 0.4) is 0 Å². The van der Waals surface area contributed by atoms with Gasteiger partial charge in [0.1, 0.15) is 11.9 Å². The Morgan fingerprint density at radius 3 is 2.87 bits per heavy atom. The fraction of sp³-hybridized carbons (Fsp3) is 0.522. The lowest BCUT2D eigenvalue weighted by Gasteiger charge is -2.25. The molecular formula is C23H34N4O2S. The molecule has 3 rings (SSSR count). The van der Waals surface area contributed by atoms with E-state index in [9.17, 15) is 4.79 Å². The summed E-state index contributed by atoms with van der Waals surface area (Å²) in [5, 5.41) is 8.46. The molecule has 1 fully saturated rings. The predicted octanol–water partition coefficient (Wildman–Crippen LogP) is 3.13. The maximum absolute atomic E-state index is 12.3. The number of thiophene rings is 1. The first-order valence-electron chi connectivity index (χ1n) is 10.9. The van der Waals surface area contributed by atoms with Gasteiger partial charge in [0, 0.05) is 49.2 Å². The Labute approximate surface area is 184 Å². The zero-order chi connectivity index (χ0) is 21.2. The van der Waals surface area contributed by atoms with Gasteiger partial charge < -0.3 is 25.2 Å². The zero-order valence-electron chi connectivity index (χ0n) is 18.1. The van der Waals surface area contributed by atoms with Crippen molar-refractivity contribution in [3.8, 4) is 5.75 Å². The summed E-state index contributed by atoms with van der Waals surface area (Å²) >= 11 is 1.74. The van der Waals surface area contributed by atoms with Gasteiger partial charge in [0.25, 0.3) is 0 Å². The maximum Gasteiger partial charge on any atom is 0.236 e. The average molecular weight is 431 g/mol. The number of hydrogen-bond donors (Lipinski definition) is 2. The van der Waals surface area contributed by atoms with Crippen molar-refractivity contribution in [1.29, 1.82) is 0 Å². The molecule has 0 saturated carbocycles. The van der Waals surface area contributed by atoms with E-state index in [1.807, 2.05) is 24.9 Å². The van der Waals surface area contributed by atoms with Gasteiger partial charge in [-0.15, -0.1) is 11.3 Å². The van der Waals surface area contributed by atoms with Gasteiger partial charge in [0.05, 0.1) is 6.54 Å². The predicted molar refractivity (Wildman–Crippen MR) is 125 cm³/mol. The van der Waals surface area contributed by atoms with E-state index in [0.717, 1.165) is 63.5 Å². The van der Waals surface area contributed by atoms with Gasteiger partial charge in [0.15, 0.2) is 0 Å². The van der Waals surface area contributed by atoms with Crippen molar-refractivity contribution < 1.29 is 9.53 Å². The number of ether oxygens (including phenoxy) is 1. The second kappa shape index (κ2) is 11.9. The summed E-state index contributed by atoms with van der Waals surface area (Å²) in [6.45, 7) is 7.55. The van der Waals surface area contributed by atoms with Crippen LogP contribution in [0.4, 0.5) is 5.69 Å². The van der Waals surface area contributed by atoms with E-state index in [2.05, 4.69) is 51.2 Å². The molecule has 0 aliphatic carbocycles. The lowest BCUT2D eigenvalue weighted by molar-refractivity contribution is -0.130. The summed E-state index contributed by atoms with van der Waals surface area (Å²) in [6.07, 6.45) is 1.95. The molecule has 0 spiro atoms. The van der Waals surface area contributed by atoms with Gasteiger partial charge in [-0.1, -0.05) is 19.1 Å². The number of anilines is 1. The lowest BCUT2D eigenvalue weighted by atomic mass is 10.2. The van der Waals surface area contributed by atoms with Crippen molar-refractivity contribution in [1.82, 2.24) is 15.5 Å². The van der Waals surface area contributed by atoms with Crippen molar-refractivity contribution >= 4 is 22.9 Å². The van der Waals surface area contributed by atoms with E-state index in [1.54, 1.807) is 11.3 Å². The van der Waals surface area contributed by atoms with E-state index < -0.39 is 0 Å². The van der Waals surface area contributed by atoms with E-state index in [1.165, 1.54) is 4.88 Å². The highest BCUT2D eigenvalue weighted by Gasteiger charge is 2.20. The number of amides is 1. The van der Waals surface area contributed by atoms with Crippen LogP contribution < -0.4 is 20.3 Å². The largest absolute Gasteiger partial charge is 0.485 e. The van der Waals surface area contributed by atoms with Gasteiger partial charge in [-0.2, -0.15) is 0 Å². The third-order valence-electron chi connectivity index (χ3n) is 5.35. The smallest absolute Gasteiger partial charge is 0.236 e. The third kappa shape index (κ3) is 6.45. The Morgan fingerprint density at radius 1 is 1.20 bits per heavy atom. The van der Waals surface area contributed by atoms with Crippen LogP contribution in [0.1, 0.15) is 30.7 Å². The summed E-state index contributed by atoms with van der Waals surface area (Å²) in [5.41, 5.74) is 1.16. The third-order valence-corrected chi connectivity index (χ3v) is 6.32. The van der Waals surface area contributed by atoms with E-state index in [-0.39, 0.29) is 12.0 Å². The first-order valence-corrected chi connectivity index (χ1v) is 11.8. The van der Waals surface area contributed by atoms with Crippen LogP contribution in [0.25, 0.3) is 0 Å². The highest BCUT2D eigenvalue weighted by atomic mass is 32.1. The number of carbonyl (C=O) groups is 1. The molecule has 1 aliphatic heterocycles. The molecule has 2 aromatic rings. The van der Waals surface area contributed by atoms with Crippen LogP contribution in [0, 0.1) is 0 Å². The van der Waals surface area contributed by atoms with Gasteiger partial charge in [-0.05, 0) is 50.1 Å². The lowest BCUT2D eigenvalue weighted by Crippen LogP contribution is -2.40. The molecule has 0 unspecified atom stereocenters. The van der Waals surface area contributed by atoms with Crippen LogP contribution in [0.5, 0.6) is 5.75 Å². The van der Waals surface area contributed by atoms with Gasteiger partial charge in [0.2, 0.25) is 5.91 Å². The monoisotopic (exact) mass is 430 g/mol. The second-order valence-corrected chi connectivity index (χ2v) is 8.49. The minimum Gasteiger partial charge on any atom is -0.485 e. The molecule has 164 valence electrons. The normalized spacial score (nSPS) is 15.7. The second-order valence-electron chi connectivity index (χ2n) is 7.51. The fourth-order valence-electron chi connectivity index (χ4n) is 3.70. The Balaban J connectivity index is 1.63. The van der Waals surface area contributed by atoms with Crippen molar-refractivity contribution in [3.63, 3.8) is 0 Å². The number of nitrogens with one attached hydrogen (secondary N) is 2. The van der Waals surface area contributed by atoms with E-state index in [0.29, 0.717) is 6.54 Å². The highest BCUT2D eigenvalue weighted by molar-refractivity contribution is 7.10. The first-order chi connectivity index (χ1) is 14.7. The molecule has 1 atom stereocenters. The number of nitrogens with zero attached hydrogens (tertiary/aromatic N) is 2. The van der Waals surface area contributed by atoms with Crippen LogP contribution in [0.15, 0.2) is 41.8 Å². The minimum absolute atomic E-state index is 0.0519. The number of rotatable bonds is 10. The first kappa shape index (κ1) is 22.6. The van der Waals surface area contributed by atoms with Crippen LogP contribution >= 0.6 is 11.3 Å². The minimum atomic E-state index is 0.0519. The molecule has 1 aliphatic rings. The molecule has 1 amide bonds. The van der Waals surface area contributed by atoms with Gasteiger partial charge in [-0.3, -0.25) is 4.79 Å². The van der Waals surface area contributed by atoms with Crippen molar-refractivity contribution in [2.45, 2.75) is 25.9 Å². The Morgan fingerprint density at radius 2 is 2.10 bits per heavy atom. The molecular weight excluding hydrogens is 396 g/mol. The summed E-state index contributed by atoms with van der Waals surface area (Å²) in [6, 6.07) is 12.6. The summed E-state index contributed by atoms with van der Waals surface area (Å²) in [4.78, 5) is 17.9. The van der Waals surface area contributed by atoms with Crippen molar-refractivity contribution in [3.05, 3.63) is 46.7 Å². The number of carbonyl (C=O) groups excluding carboxylic acids is 1. The topological polar surface area (TPSA) is 56.8 Å². The Kier molecular flexibility index (Phi) is 8.99. The molecule has 2 N–H and O–H groups in total. The number of hydrogen-bond acceptors (Lipinski definition) is 6. The number of benzene rings is 1. The zero-order valence-corrected chi connectivity index (χ0v) is 18.9. The molecule has 0 radical (unpaired) electrons. The molecule has 1 aromatic carbocycles. The summed E-state index contributed by atoms with van der Waals surface area (Å²) in [7, 11) is 1.97. The van der Waals surface area contributed by atoms with Gasteiger partial charge in [-0.25, -0.2) is 0 Å². The molecule has 0 bridgehead atoms. The fourth-order valence-corrected chi connectivity index (χ4v) is 4.48. The summed E-state index contributed by atoms with van der Waals surface area (Å²) < 4.78 is 6.40. The van der Waals surface area contributed by atoms with E-state index >= 15 is 0 Å². The molecule has 7 heteroatoms. The standard InChI is InChI=1S/C23H34N4O2S/c1-3-25-18-23(28)27-13-6-12-26(14-15-27)19-7-4-8-20(17-19)29-21(10-11-24-2)22-9-5-16-30-22/h4-5,7-9,16-17,21,24-25H,3,6,10-15,18H2,1-2H3/t21-/m0/s1. The quantitative estimate of drug-likeness (QED) is 0.607. The molecule has 6 nitrogen and oxygen atoms in total. The van der Waals surface area contributed by atoms with Gasteiger partial charge >= 0.3 is 0 Å². The van der Waals surface area contributed by atoms with E-state index in [4.69, 9.17) is 4.74 Å². The van der Waals surface area contributed by atoms with Crippen LogP contribution in [-0.2, 0) is 4.79 Å². The van der Waals surface area contributed by atoms with Crippen LogP contribution in [0.2, 0.25) is 0 Å². The SMILES string of the molecule is CCNCC(=O)N1CCCN(c2cccc(O[C@@H](CCNC)c3cccs3)c2)CC1. The maximum atomic E-state index is 12.3.